The van der Waals surface area contributed by atoms with Crippen LogP contribution in [-0.4, -0.2) is 5.71 Å². The van der Waals surface area contributed by atoms with Crippen molar-refractivity contribution in [2.75, 3.05) is 0 Å². The Morgan fingerprint density at radius 3 is 2.00 bits per heavy atom. The molecule has 0 radical (unpaired) electrons. The molecule has 0 saturated heterocycles. The summed E-state index contributed by atoms with van der Waals surface area (Å²) in [6, 6.07) is 10.4. The van der Waals surface area contributed by atoms with Gasteiger partial charge in [-0.25, -0.2) is 0 Å². The SMILES string of the molecule is CC(C)C(=NCc1ccccc1)C(C)C. The number of hydrogen-bond acceptors (Lipinski definition) is 1. The van der Waals surface area contributed by atoms with Crippen LogP contribution in [0, 0.1) is 11.8 Å². The van der Waals surface area contributed by atoms with Crippen molar-refractivity contribution in [2.24, 2.45) is 16.8 Å². The lowest BCUT2D eigenvalue weighted by Gasteiger charge is -2.13. The molecular weight excluding hydrogens is 182 g/mol. The molecule has 1 rings (SSSR count). The fraction of sp³-hybridized carbons (Fsp3) is 0.500. The van der Waals surface area contributed by atoms with Gasteiger partial charge in [-0.2, -0.15) is 0 Å². The topological polar surface area (TPSA) is 12.4 Å². The molecule has 0 aromatic heterocycles. The Hall–Kier alpha value is -1.11. The predicted octanol–water partition coefficient (Wildman–Crippen LogP) is 3.94. The Morgan fingerprint density at radius 1 is 1.00 bits per heavy atom. The van der Waals surface area contributed by atoms with E-state index in [0.29, 0.717) is 11.8 Å². The highest BCUT2D eigenvalue weighted by Crippen LogP contribution is 2.10. The molecule has 0 fully saturated rings. The molecule has 82 valence electrons. The quantitative estimate of drug-likeness (QED) is 0.657. The van der Waals surface area contributed by atoms with Crippen LogP contribution in [0.1, 0.15) is 33.3 Å². The van der Waals surface area contributed by atoms with Crippen molar-refractivity contribution in [2.45, 2.75) is 34.2 Å². The minimum Gasteiger partial charge on any atom is -0.289 e. The fourth-order valence-corrected chi connectivity index (χ4v) is 1.80. The van der Waals surface area contributed by atoms with E-state index in [0.717, 1.165) is 6.54 Å². The van der Waals surface area contributed by atoms with Gasteiger partial charge in [0, 0.05) is 5.71 Å². The molecule has 0 spiro atoms. The van der Waals surface area contributed by atoms with Crippen molar-refractivity contribution in [3.05, 3.63) is 35.9 Å². The minimum absolute atomic E-state index is 0.550. The van der Waals surface area contributed by atoms with Gasteiger partial charge in [0.25, 0.3) is 0 Å². The average molecular weight is 203 g/mol. The van der Waals surface area contributed by atoms with Crippen molar-refractivity contribution < 1.29 is 0 Å². The molecule has 0 bridgehead atoms. The van der Waals surface area contributed by atoms with E-state index >= 15 is 0 Å². The van der Waals surface area contributed by atoms with E-state index in [-0.39, 0.29) is 0 Å². The van der Waals surface area contributed by atoms with E-state index in [2.05, 4.69) is 52.0 Å². The molecule has 1 aromatic rings. The molecule has 0 aliphatic carbocycles. The van der Waals surface area contributed by atoms with Crippen molar-refractivity contribution in [3.63, 3.8) is 0 Å². The summed E-state index contributed by atoms with van der Waals surface area (Å²) in [5.41, 5.74) is 2.61. The highest BCUT2D eigenvalue weighted by Gasteiger charge is 2.08. The van der Waals surface area contributed by atoms with E-state index in [9.17, 15) is 0 Å². The molecule has 0 atom stereocenters. The zero-order valence-corrected chi connectivity index (χ0v) is 10.2. The zero-order chi connectivity index (χ0) is 11.3. The molecule has 1 heteroatoms. The van der Waals surface area contributed by atoms with Crippen LogP contribution >= 0.6 is 0 Å². The number of benzene rings is 1. The molecule has 15 heavy (non-hydrogen) atoms. The van der Waals surface area contributed by atoms with E-state index < -0.39 is 0 Å². The van der Waals surface area contributed by atoms with Gasteiger partial charge in [0.1, 0.15) is 0 Å². The Kier molecular flexibility index (Phi) is 4.54. The molecule has 0 N–H and O–H groups in total. The number of nitrogens with zero attached hydrogens (tertiary/aromatic N) is 1. The molecule has 1 nitrogen and oxygen atoms in total. The van der Waals surface area contributed by atoms with Crippen LogP contribution < -0.4 is 0 Å². The summed E-state index contributed by atoms with van der Waals surface area (Å²) < 4.78 is 0. The van der Waals surface area contributed by atoms with Gasteiger partial charge in [-0.1, -0.05) is 58.0 Å². The highest BCUT2D eigenvalue weighted by molar-refractivity contribution is 5.87. The smallest absolute Gasteiger partial charge is 0.0639 e. The summed E-state index contributed by atoms with van der Waals surface area (Å²) >= 11 is 0. The van der Waals surface area contributed by atoms with Crippen LogP contribution in [-0.2, 0) is 6.54 Å². The Labute approximate surface area is 93.2 Å². The number of hydrogen-bond donors (Lipinski definition) is 0. The lowest BCUT2D eigenvalue weighted by molar-refractivity contribution is 0.752. The van der Waals surface area contributed by atoms with E-state index in [1.54, 1.807) is 0 Å². The molecule has 0 amide bonds. The number of aliphatic imine (C=N–C) groups is 1. The second-order valence-electron chi connectivity index (χ2n) is 4.54. The van der Waals surface area contributed by atoms with Crippen LogP contribution in [0.5, 0.6) is 0 Å². The largest absolute Gasteiger partial charge is 0.289 e. The Bertz CT molecular complexity index is 299. The minimum atomic E-state index is 0.550. The Balaban J connectivity index is 2.70. The van der Waals surface area contributed by atoms with Crippen LogP contribution in [0.2, 0.25) is 0 Å². The highest BCUT2D eigenvalue weighted by atomic mass is 14.7. The van der Waals surface area contributed by atoms with Crippen LogP contribution in [0.3, 0.4) is 0 Å². The lowest BCUT2D eigenvalue weighted by Crippen LogP contribution is -2.15. The number of rotatable bonds is 4. The van der Waals surface area contributed by atoms with Crippen molar-refractivity contribution in [1.82, 2.24) is 0 Å². The van der Waals surface area contributed by atoms with E-state index in [1.807, 2.05) is 6.07 Å². The van der Waals surface area contributed by atoms with Gasteiger partial charge in [-0.3, -0.25) is 4.99 Å². The molecule has 0 aliphatic heterocycles. The van der Waals surface area contributed by atoms with Crippen LogP contribution in [0.25, 0.3) is 0 Å². The summed E-state index contributed by atoms with van der Waals surface area (Å²) in [6.45, 7) is 9.66. The molecule has 0 aliphatic rings. The second-order valence-corrected chi connectivity index (χ2v) is 4.54. The Morgan fingerprint density at radius 2 is 1.53 bits per heavy atom. The van der Waals surface area contributed by atoms with E-state index in [1.165, 1.54) is 11.3 Å². The maximum absolute atomic E-state index is 4.71. The van der Waals surface area contributed by atoms with Gasteiger partial charge in [-0.15, -0.1) is 0 Å². The third kappa shape index (κ3) is 3.86. The van der Waals surface area contributed by atoms with Gasteiger partial charge in [0.05, 0.1) is 6.54 Å². The van der Waals surface area contributed by atoms with Crippen molar-refractivity contribution in [3.8, 4) is 0 Å². The molecule has 0 heterocycles. The normalized spacial score (nSPS) is 10.8. The first-order valence-corrected chi connectivity index (χ1v) is 5.69. The van der Waals surface area contributed by atoms with Gasteiger partial charge in [0.15, 0.2) is 0 Å². The van der Waals surface area contributed by atoms with Gasteiger partial charge >= 0.3 is 0 Å². The van der Waals surface area contributed by atoms with Gasteiger partial charge in [-0.05, 0) is 17.4 Å². The van der Waals surface area contributed by atoms with Crippen LogP contribution in [0.4, 0.5) is 0 Å². The standard InChI is InChI=1S/C14H21N/c1-11(2)14(12(3)4)15-10-13-8-6-5-7-9-13/h5-9,11-12H,10H2,1-4H3. The second kappa shape index (κ2) is 5.69. The van der Waals surface area contributed by atoms with Crippen LogP contribution in [0.15, 0.2) is 35.3 Å². The van der Waals surface area contributed by atoms with E-state index in [4.69, 9.17) is 4.99 Å². The molecular formula is C14H21N. The molecule has 0 unspecified atom stereocenters. The zero-order valence-electron chi connectivity index (χ0n) is 10.2. The fourth-order valence-electron chi connectivity index (χ4n) is 1.80. The summed E-state index contributed by atoms with van der Waals surface area (Å²) in [7, 11) is 0. The molecule has 1 aromatic carbocycles. The van der Waals surface area contributed by atoms with Gasteiger partial charge < -0.3 is 0 Å². The monoisotopic (exact) mass is 203 g/mol. The van der Waals surface area contributed by atoms with Crippen molar-refractivity contribution in [1.29, 1.82) is 0 Å². The summed E-state index contributed by atoms with van der Waals surface area (Å²) in [5, 5.41) is 0. The van der Waals surface area contributed by atoms with Gasteiger partial charge in [0.2, 0.25) is 0 Å². The molecule has 0 saturated carbocycles. The summed E-state index contributed by atoms with van der Waals surface area (Å²) in [4.78, 5) is 4.71. The predicted molar refractivity (Wildman–Crippen MR) is 67.3 cm³/mol. The third-order valence-electron chi connectivity index (χ3n) is 2.47. The maximum atomic E-state index is 4.71. The third-order valence-corrected chi connectivity index (χ3v) is 2.47. The lowest BCUT2D eigenvalue weighted by atomic mass is 9.97. The summed E-state index contributed by atoms with van der Waals surface area (Å²) in [5.74, 6) is 1.10. The summed E-state index contributed by atoms with van der Waals surface area (Å²) in [6.07, 6.45) is 0. The first-order valence-electron chi connectivity index (χ1n) is 5.69. The van der Waals surface area contributed by atoms with Crippen molar-refractivity contribution >= 4 is 5.71 Å². The first kappa shape index (κ1) is 12.0. The average Bonchev–Trinajstić information content (AvgIpc) is 2.18. The maximum Gasteiger partial charge on any atom is 0.0639 e. The first-order chi connectivity index (χ1) is 7.11.